The van der Waals surface area contributed by atoms with Crippen LogP contribution in [0.2, 0.25) is 0 Å². The van der Waals surface area contributed by atoms with Crippen molar-refractivity contribution in [2.45, 2.75) is 26.0 Å². The highest BCUT2D eigenvalue weighted by atomic mass is 79.9. The van der Waals surface area contributed by atoms with Crippen molar-refractivity contribution < 1.29 is 14.1 Å². The number of aromatic nitrogens is 2. The average Bonchev–Trinajstić information content (AvgIpc) is 3.55. The molecule has 2 heterocycles. The van der Waals surface area contributed by atoms with Gasteiger partial charge in [0.05, 0.1) is 6.21 Å². The number of benzene rings is 2. The maximum Gasteiger partial charge on any atom is 0.410 e. The highest BCUT2D eigenvalue weighted by molar-refractivity contribution is 9.12. The van der Waals surface area contributed by atoms with Crippen LogP contribution in [0.25, 0.3) is 11.4 Å². The van der Waals surface area contributed by atoms with Crippen LogP contribution in [-0.2, 0) is 17.9 Å². The number of ether oxygens (including phenoxy) is 1. The van der Waals surface area contributed by atoms with E-state index in [0.29, 0.717) is 29.9 Å². The molecule has 0 saturated carbocycles. The summed E-state index contributed by atoms with van der Waals surface area (Å²) in [7, 11) is 3.66. The monoisotopic (exact) mass is 619 g/mol. The lowest BCUT2D eigenvalue weighted by Gasteiger charge is -2.31. The number of hydrogen-bond donors (Lipinski definition) is 1. The van der Waals surface area contributed by atoms with Gasteiger partial charge in [0.15, 0.2) is 0 Å². The summed E-state index contributed by atoms with van der Waals surface area (Å²) >= 11 is 3.33. The van der Waals surface area contributed by atoms with E-state index in [4.69, 9.17) is 9.26 Å². The molecule has 0 aliphatic carbocycles. The molecule has 1 N–H and O–H groups in total. The molecule has 0 bridgehead atoms. The van der Waals surface area contributed by atoms with Crippen LogP contribution in [0.1, 0.15) is 24.0 Å². The van der Waals surface area contributed by atoms with Crippen LogP contribution < -0.4 is 5.32 Å². The zero-order valence-corrected chi connectivity index (χ0v) is 24.8. The highest BCUT2D eigenvalue weighted by Crippen LogP contribution is 2.22. The summed E-state index contributed by atoms with van der Waals surface area (Å²) in [4.78, 5) is 23.1. The number of nitrogens with one attached hydrogen (secondary N) is 1. The molecule has 0 unspecified atom stereocenters. The summed E-state index contributed by atoms with van der Waals surface area (Å²) < 4.78 is 11.0. The Bertz CT molecular complexity index is 1360. The van der Waals surface area contributed by atoms with Crippen LogP contribution in [0.3, 0.4) is 0 Å². The van der Waals surface area contributed by atoms with Gasteiger partial charge in [-0.15, -0.1) is 0 Å². The van der Waals surface area contributed by atoms with Crippen LogP contribution in [0.5, 0.6) is 0 Å². The van der Waals surface area contributed by atoms with Crippen LogP contribution in [0, 0.1) is 5.92 Å². The normalized spacial score (nSPS) is 14.8. The molecule has 0 spiro atoms. The molecule has 1 aliphatic rings. The van der Waals surface area contributed by atoms with Gasteiger partial charge in [-0.05, 0) is 39.9 Å². The van der Waals surface area contributed by atoms with Gasteiger partial charge in [0.25, 0.3) is 0 Å². The second-order valence-corrected chi connectivity index (χ2v) is 10.5. The van der Waals surface area contributed by atoms with E-state index in [1.165, 1.54) is 6.39 Å². The molecule has 4 rings (SSSR count). The van der Waals surface area contributed by atoms with E-state index in [-0.39, 0.29) is 18.6 Å². The molecule has 1 saturated heterocycles. The Kier molecular flexibility index (Phi) is 10.8. The third kappa shape index (κ3) is 8.87. The summed E-state index contributed by atoms with van der Waals surface area (Å²) in [6.07, 6.45) is 6.27. The number of amides is 1. The number of allylic oxidation sites excluding steroid dienone is 2. The van der Waals surface area contributed by atoms with Crippen molar-refractivity contribution in [1.82, 2.24) is 25.4 Å². The number of nitrogens with zero attached hydrogens (tertiary/aromatic N) is 6. The molecule has 11 heteroatoms. The topological polar surface area (TPSA) is 108 Å². The Morgan fingerprint density at radius 1 is 1.20 bits per heavy atom. The Hall–Kier alpha value is -4.25. The summed E-state index contributed by atoms with van der Waals surface area (Å²) in [6.45, 7) is 5.88. The number of aliphatic imine (C=N–C) groups is 1. The molecule has 214 valence electrons. The molecule has 1 aromatic heterocycles. The minimum Gasteiger partial charge on any atom is -0.445 e. The van der Waals surface area contributed by atoms with Gasteiger partial charge >= 0.3 is 6.09 Å². The lowest BCUT2D eigenvalue weighted by molar-refractivity contribution is 0.0865. The minimum absolute atomic E-state index is 0.202. The van der Waals surface area contributed by atoms with Crippen LogP contribution >= 0.6 is 15.9 Å². The zero-order chi connectivity index (χ0) is 29.0. The second kappa shape index (κ2) is 14.9. The van der Waals surface area contributed by atoms with Crippen molar-refractivity contribution in [3.8, 4) is 11.4 Å². The van der Waals surface area contributed by atoms with Gasteiger partial charge in [0.1, 0.15) is 12.4 Å². The van der Waals surface area contributed by atoms with Gasteiger partial charge in [-0.1, -0.05) is 66.3 Å². The third-order valence-electron chi connectivity index (χ3n) is 6.69. The van der Waals surface area contributed by atoms with Gasteiger partial charge in [-0.2, -0.15) is 10.1 Å². The van der Waals surface area contributed by atoms with Crippen molar-refractivity contribution in [3.05, 3.63) is 95.1 Å². The van der Waals surface area contributed by atoms with Crippen molar-refractivity contribution in [3.63, 3.8) is 0 Å². The quantitative estimate of drug-likeness (QED) is 0.219. The number of likely N-dealkylation sites (tertiary alicyclic amines) is 1. The van der Waals surface area contributed by atoms with E-state index < -0.39 is 0 Å². The van der Waals surface area contributed by atoms with E-state index in [1.54, 1.807) is 23.2 Å². The van der Waals surface area contributed by atoms with Gasteiger partial charge in [0, 0.05) is 61.5 Å². The van der Waals surface area contributed by atoms with Gasteiger partial charge < -0.3 is 19.5 Å². The molecule has 1 fully saturated rings. The fourth-order valence-corrected chi connectivity index (χ4v) is 4.50. The molecule has 10 nitrogen and oxygen atoms in total. The van der Waals surface area contributed by atoms with Gasteiger partial charge in [0.2, 0.25) is 12.2 Å². The van der Waals surface area contributed by atoms with Crippen molar-refractivity contribution >= 4 is 33.9 Å². The number of piperidine rings is 1. The zero-order valence-electron chi connectivity index (χ0n) is 23.2. The Morgan fingerprint density at radius 3 is 2.56 bits per heavy atom. The maximum absolute atomic E-state index is 12.6. The lowest BCUT2D eigenvalue weighted by Crippen LogP contribution is -2.40. The van der Waals surface area contributed by atoms with E-state index in [1.807, 2.05) is 67.7 Å². The molecule has 3 aromatic rings. The van der Waals surface area contributed by atoms with Crippen molar-refractivity contribution in [2.24, 2.45) is 16.0 Å². The highest BCUT2D eigenvalue weighted by Gasteiger charge is 2.26. The smallest absolute Gasteiger partial charge is 0.410 e. The molecule has 41 heavy (non-hydrogen) atoms. The van der Waals surface area contributed by atoms with E-state index >= 15 is 0 Å². The first-order valence-electron chi connectivity index (χ1n) is 13.3. The summed E-state index contributed by atoms with van der Waals surface area (Å²) in [6, 6.07) is 17.6. The Morgan fingerprint density at radius 2 is 1.93 bits per heavy atom. The molecule has 1 aliphatic heterocycles. The number of hydrogen-bond acceptors (Lipinski definition) is 9. The first-order valence-corrected chi connectivity index (χ1v) is 14.1. The molecular formula is C30H34BrN7O3. The Balaban J connectivity index is 1.38. The molecule has 0 atom stereocenters. The van der Waals surface area contributed by atoms with Crippen LogP contribution in [0.15, 0.2) is 98.6 Å². The SMILES string of the molecule is C=C(Br)/C=N\N(C)/C(=C\C(=N/C)C1CCN(C(=O)OCc2ccccc2)CC1)NCc1ccc(-c2ncon2)cc1. The first kappa shape index (κ1) is 29.7. The van der Waals surface area contributed by atoms with Gasteiger partial charge in [-0.25, -0.2) is 4.79 Å². The maximum atomic E-state index is 12.6. The molecular weight excluding hydrogens is 586 g/mol. The second-order valence-electron chi connectivity index (χ2n) is 9.50. The van der Waals surface area contributed by atoms with Gasteiger partial charge in [-0.3, -0.25) is 10.0 Å². The van der Waals surface area contributed by atoms with E-state index in [2.05, 4.69) is 48.1 Å². The number of hydrazone groups is 1. The van der Waals surface area contributed by atoms with Crippen molar-refractivity contribution in [2.75, 3.05) is 27.2 Å². The third-order valence-corrected chi connectivity index (χ3v) is 6.89. The van der Waals surface area contributed by atoms with Crippen LogP contribution in [-0.4, -0.2) is 65.3 Å². The fraction of sp³-hybridized carbons (Fsp3) is 0.300. The largest absolute Gasteiger partial charge is 0.445 e. The lowest BCUT2D eigenvalue weighted by atomic mass is 9.91. The van der Waals surface area contributed by atoms with Crippen molar-refractivity contribution in [1.29, 1.82) is 0 Å². The number of rotatable bonds is 11. The Labute approximate surface area is 248 Å². The predicted octanol–water partition coefficient (Wildman–Crippen LogP) is 5.61. The number of carbonyl (C=O) groups excluding carboxylic acids is 1. The summed E-state index contributed by atoms with van der Waals surface area (Å²) in [5.41, 5.74) is 3.87. The predicted molar refractivity (Wildman–Crippen MR) is 163 cm³/mol. The minimum atomic E-state index is -0.283. The molecule has 1 amide bonds. The number of halogens is 1. The summed E-state index contributed by atoms with van der Waals surface area (Å²) in [5, 5.41) is 13.6. The molecule has 0 radical (unpaired) electrons. The van der Waals surface area contributed by atoms with E-state index in [9.17, 15) is 4.79 Å². The average molecular weight is 621 g/mol. The first-order chi connectivity index (χ1) is 19.9. The number of carbonyl (C=O) groups is 1. The standard InChI is InChI=1S/C30H34BrN7O3/c1-22(31)18-35-37(3)28(33-19-23-9-11-26(12-10-23)29-34-21-41-36-29)17-27(32-2)25-13-15-38(16-14-25)30(39)40-20-24-7-5-4-6-8-24/h4-12,17-18,21,25,33H,1,13-16,19-20H2,2-3H3/b28-17-,32-27+,35-18-. The molecule has 2 aromatic carbocycles. The van der Waals surface area contributed by atoms with Crippen LogP contribution in [0.4, 0.5) is 4.79 Å². The summed E-state index contributed by atoms with van der Waals surface area (Å²) in [5.74, 6) is 1.53. The fourth-order valence-electron chi connectivity index (χ4n) is 4.41. The van der Waals surface area contributed by atoms with E-state index in [0.717, 1.165) is 41.1 Å².